The summed E-state index contributed by atoms with van der Waals surface area (Å²) in [6.07, 6.45) is -0.306. The number of rotatable bonds is 3. The Labute approximate surface area is 106 Å². The molecular formula is C12H17ClN2O2. The summed E-state index contributed by atoms with van der Waals surface area (Å²) in [6.45, 7) is 5.45. The lowest BCUT2D eigenvalue weighted by molar-refractivity contribution is 0.0461. The van der Waals surface area contributed by atoms with Crippen LogP contribution in [0.2, 0.25) is 5.02 Å². The highest BCUT2D eigenvalue weighted by atomic mass is 35.5. The van der Waals surface area contributed by atoms with E-state index in [1.807, 2.05) is 13.0 Å². The summed E-state index contributed by atoms with van der Waals surface area (Å²) in [5.41, 5.74) is 12.6. The van der Waals surface area contributed by atoms with Crippen molar-refractivity contribution in [3.05, 3.63) is 28.3 Å². The summed E-state index contributed by atoms with van der Waals surface area (Å²) >= 11 is 5.96. The molecule has 0 radical (unpaired) electrons. The highest BCUT2D eigenvalue weighted by Crippen LogP contribution is 2.27. The third kappa shape index (κ3) is 3.82. The van der Waals surface area contributed by atoms with Crippen LogP contribution in [0.15, 0.2) is 12.1 Å². The van der Waals surface area contributed by atoms with Gasteiger partial charge in [-0.3, -0.25) is 0 Å². The Kier molecular flexibility index (Phi) is 3.88. The monoisotopic (exact) mass is 256 g/mol. The minimum Gasteiger partial charge on any atom is -0.443 e. The molecule has 4 N–H and O–H groups in total. The van der Waals surface area contributed by atoms with E-state index in [9.17, 15) is 4.79 Å². The van der Waals surface area contributed by atoms with E-state index >= 15 is 0 Å². The molecule has 0 unspecified atom stereocenters. The number of benzene rings is 1. The van der Waals surface area contributed by atoms with Crippen LogP contribution in [0.1, 0.15) is 25.0 Å². The zero-order valence-electron chi connectivity index (χ0n) is 10.2. The first kappa shape index (κ1) is 13.6. The molecule has 1 aromatic carbocycles. The van der Waals surface area contributed by atoms with Crippen LogP contribution in [0.3, 0.4) is 0 Å². The molecule has 5 heteroatoms. The summed E-state index contributed by atoms with van der Waals surface area (Å²) in [5, 5.41) is 0.625. The van der Waals surface area contributed by atoms with Crippen LogP contribution >= 0.6 is 11.6 Å². The largest absolute Gasteiger partial charge is 0.443 e. The number of hydrogen-bond acceptors (Lipinski definition) is 3. The molecule has 1 rings (SSSR count). The first-order valence-electron chi connectivity index (χ1n) is 5.24. The summed E-state index contributed by atoms with van der Waals surface area (Å²) in [4.78, 5) is 10.8. The number of ether oxygens (including phenoxy) is 1. The molecular weight excluding hydrogens is 240 g/mol. The van der Waals surface area contributed by atoms with Gasteiger partial charge in [-0.2, -0.15) is 0 Å². The van der Waals surface area contributed by atoms with Gasteiger partial charge in [-0.05, 0) is 38.0 Å². The van der Waals surface area contributed by atoms with Gasteiger partial charge in [0.25, 0.3) is 0 Å². The second-order valence-corrected chi connectivity index (χ2v) is 5.06. The molecule has 94 valence electrons. The second-order valence-electron chi connectivity index (χ2n) is 4.66. The van der Waals surface area contributed by atoms with E-state index in [0.717, 1.165) is 11.1 Å². The van der Waals surface area contributed by atoms with Gasteiger partial charge in [-0.25, -0.2) is 4.79 Å². The van der Waals surface area contributed by atoms with Crippen LogP contribution in [-0.4, -0.2) is 11.7 Å². The van der Waals surface area contributed by atoms with Crippen molar-refractivity contribution in [2.45, 2.75) is 32.8 Å². The molecule has 0 aliphatic carbocycles. The van der Waals surface area contributed by atoms with Crippen molar-refractivity contribution in [3.63, 3.8) is 0 Å². The molecule has 0 aliphatic heterocycles. The van der Waals surface area contributed by atoms with Crippen LogP contribution in [0.25, 0.3) is 0 Å². The average Bonchev–Trinajstić information content (AvgIpc) is 2.11. The topological polar surface area (TPSA) is 78.3 Å². The number of anilines is 1. The van der Waals surface area contributed by atoms with Gasteiger partial charge in [0.05, 0.1) is 0 Å². The standard InChI is InChI=1S/C12H17ClN2O2/c1-7-4-8(10(14)5-9(7)13)6-12(2,3)17-11(15)16/h4-5H,6,14H2,1-3H3,(H2,15,16). The average molecular weight is 257 g/mol. The molecule has 0 bridgehead atoms. The number of nitrogens with two attached hydrogens (primary N) is 2. The molecule has 4 nitrogen and oxygen atoms in total. The zero-order valence-corrected chi connectivity index (χ0v) is 11.0. The predicted octanol–water partition coefficient (Wildman–Crippen LogP) is 2.65. The van der Waals surface area contributed by atoms with E-state index in [4.69, 9.17) is 27.8 Å². The maximum Gasteiger partial charge on any atom is 0.405 e. The quantitative estimate of drug-likeness (QED) is 0.816. The normalized spacial score (nSPS) is 11.3. The van der Waals surface area contributed by atoms with Crippen LogP contribution in [-0.2, 0) is 11.2 Å². The van der Waals surface area contributed by atoms with Crippen LogP contribution in [0.5, 0.6) is 0 Å². The van der Waals surface area contributed by atoms with Gasteiger partial charge in [0.15, 0.2) is 0 Å². The van der Waals surface area contributed by atoms with E-state index in [1.54, 1.807) is 19.9 Å². The van der Waals surface area contributed by atoms with Crippen molar-refractivity contribution in [1.29, 1.82) is 0 Å². The number of carbonyl (C=O) groups excluding carboxylic acids is 1. The molecule has 0 aliphatic rings. The lowest BCUT2D eigenvalue weighted by atomic mass is 9.96. The molecule has 1 amide bonds. The summed E-state index contributed by atoms with van der Waals surface area (Å²) in [7, 11) is 0. The molecule has 0 spiro atoms. The molecule has 0 aromatic heterocycles. The number of carbonyl (C=O) groups is 1. The van der Waals surface area contributed by atoms with Gasteiger partial charge in [0, 0.05) is 17.1 Å². The maximum atomic E-state index is 10.8. The molecule has 0 saturated carbocycles. The van der Waals surface area contributed by atoms with Crippen molar-refractivity contribution in [2.24, 2.45) is 5.73 Å². The van der Waals surface area contributed by atoms with Crippen molar-refractivity contribution >= 4 is 23.4 Å². The fraction of sp³-hybridized carbons (Fsp3) is 0.417. The van der Waals surface area contributed by atoms with Crippen molar-refractivity contribution < 1.29 is 9.53 Å². The maximum absolute atomic E-state index is 10.8. The number of aryl methyl sites for hydroxylation is 1. The van der Waals surface area contributed by atoms with E-state index in [2.05, 4.69) is 0 Å². The van der Waals surface area contributed by atoms with Crippen molar-refractivity contribution in [1.82, 2.24) is 0 Å². The minimum absolute atomic E-state index is 0.486. The fourth-order valence-corrected chi connectivity index (χ4v) is 1.85. The SMILES string of the molecule is Cc1cc(CC(C)(C)OC(N)=O)c(N)cc1Cl. The number of hydrogen-bond donors (Lipinski definition) is 2. The molecule has 0 saturated heterocycles. The highest BCUT2D eigenvalue weighted by Gasteiger charge is 2.23. The summed E-state index contributed by atoms with van der Waals surface area (Å²) in [6, 6.07) is 3.59. The Morgan fingerprint density at radius 1 is 1.47 bits per heavy atom. The third-order valence-corrected chi connectivity index (χ3v) is 2.82. The van der Waals surface area contributed by atoms with Crippen molar-refractivity contribution in [3.8, 4) is 0 Å². The molecule has 0 atom stereocenters. The first-order valence-corrected chi connectivity index (χ1v) is 5.62. The van der Waals surface area contributed by atoms with Crippen LogP contribution in [0.4, 0.5) is 10.5 Å². The second kappa shape index (κ2) is 4.84. The van der Waals surface area contributed by atoms with Gasteiger partial charge in [-0.1, -0.05) is 17.7 Å². The highest BCUT2D eigenvalue weighted by molar-refractivity contribution is 6.31. The van der Waals surface area contributed by atoms with E-state index in [-0.39, 0.29) is 0 Å². The molecule has 17 heavy (non-hydrogen) atoms. The van der Waals surface area contributed by atoms with Gasteiger partial charge in [0.1, 0.15) is 5.60 Å². The predicted molar refractivity (Wildman–Crippen MR) is 69.1 cm³/mol. The van der Waals surface area contributed by atoms with Gasteiger partial charge in [0.2, 0.25) is 0 Å². The third-order valence-electron chi connectivity index (χ3n) is 2.41. The Balaban J connectivity index is 2.95. The summed E-state index contributed by atoms with van der Waals surface area (Å²) in [5.74, 6) is 0. The van der Waals surface area contributed by atoms with Crippen LogP contribution in [0, 0.1) is 6.92 Å². The first-order chi connectivity index (χ1) is 7.71. The minimum atomic E-state index is -0.792. The van der Waals surface area contributed by atoms with E-state index in [0.29, 0.717) is 17.1 Å². The summed E-state index contributed by atoms with van der Waals surface area (Å²) < 4.78 is 5.02. The Bertz CT molecular complexity index is 444. The smallest absolute Gasteiger partial charge is 0.405 e. The Hall–Kier alpha value is -1.42. The van der Waals surface area contributed by atoms with E-state index < -0.39 is 11.7 Å². The van der Waals surface area contributed by atoms with Crippen molar-refractivity contribution in [2.75, 3.05) is 5.73 Å². The van der Waals surface area contributed by atoms with Gasteiger partial charge >= 0.3 is 6.09 Å². The van der Waals surface area contributed by atoms with E-state index in [1.165, 1.54) is 0 Å². The lowest BCUT2D eigenvalue weighted by Gasteiger charge is -2.25. The molecule has 0 heterocycles. The molecule has 1 aromatic rings. The molecule has 0 fully saturated rings. The number of nitrogen functional groups attached to an aromatic ring is 1. The lowest BCUT2D eigenvalue weighted by Crippen LogP contribution is -2.33. The van der Waals surface area contributed by atoms with Crippen LogP contribution < -0.4 is 11.5 Å². The number of amides is 1. The zero-order chi connectivity index (χ0) is 13.2. The van der Waals surface area contributed by atoms with Gasteiger partial charge < -0.3 is 16.2 Å². The fourth-order valence-electron chi connectivity index (χ4n) is 1.68. The number of primary amides is 1. The van der Waals surface area contributed by atoms with Gasteiger partial charge in [-0.15, -0.1) is 0 Å². The number of halogens is 1. The Morgan fingerprint density at radius 2 is 2.06 bits per heavy atom. The Morgan fingerprint density at radius 3 is 2.59 bits per heavy atom.